The third kappa shape index (κ3) is 5.75. The number of aryl methyl sites for hydroxylation is 2. The number of hydrogen-bond donors (Lipinski definition) is 3. The van der Waals surface area contributed by atoms with Crippen LogP contribution in [0.2, 0.25) is 0 Å². The second-order valence-corrected chi connectivity index (χ2v) is 7.58. The highest BCUT2D eigenvalue weighted by Crippen LogP contribution is 2.15. The van der Waals surface area contributed by atoms with E-state index >= 15 is 0 Å². The fourth-order valence-electron chi connectivity index (χ4n) is 3.44. The van der Waals surface area contributed by atoms with E-state index in [-0.39, 0.29) is 17.7 Å². The zero-order chi connectivity index (χ0) is 22.4. The maximum atomic E-state index is 12.2. The molecule has 0 bridgehead atoms. The number of anilines is 1. The molecule has 3 N–H and O–H groups in total. The highest BCUT2D eigenvalue weighted by molar-refractivity contribution is 6.02. The zero-order valence-corrected chi connectivity index (χ0v) is 18.7. The van der Waals surface area contributed by atoms with Crippen LogP contribution in [0.1, 0.15) is 40.0 Å². The number of carbonyl (C=O) groups excluding carboxylic acids is 1. The Hall–Kier alpha value is -3.55. The predicted octanol–water partition coefficient (Wildman–Crippen LogP) is 3.18. The van der Waals surface area contributed by atoms with Gasteiger partial charge in [-0.1, -0.05) is 12.1 Å². The van der Waals surface area contributed by atoms with Crippen molar-refractivity contribution in [2.24, 2.45) is 12.0 Å². The molecule has 1 unspecified atom stereocenters. The number of benzene rings is 1. The second-order valence-electron chi connectivity index (χ2n) is 7.58. The SMILES string of the molecule is CN=C(NCc1cccc(NC(=O)c2ccco2)c1)NC(C)Cc1c(C)nn(C)c1C. The molecule has 0 radical (unpaired) electrons. The molecule has 1 atom stereocenters. The first-order valence-corrected chi connectivity index (χ1v) is 10.3. The van der Waals surface area contributed by atoms with Crippen LogP contribution in [-0.2, 0) is 20.0 Å². The fourth-order valence-corrected chi connectivity index (χ4v) is 3.44. The van der Waals surface area contributed by atoms with E-state index in [0.717, 1.165) is 23.6 Å². The predicted molar refractivity (Wildman–Crippen MR) is 122 cm³/mol. The lowest BCUT2D eigenvalue weighted by Crippen LogP contribution is -2.42. The maximum Gasteiger partial charge on any atom is 0.291 e. The molecule has 164 valence electrons. The van der Waals surface area contributed by atoms with E-state index in [9.17, 15) is 4.79 Å². The van der Waals surface area contributed by atoms with Crippen LogP contribution < -0.4 is 16.0 Å². The lowest BCUT2D eigenvalue weighted by atomic mass is 10.1. The molecule has 0 aliphatic rings. The van der Waals surface area contributed by atoms with Crippen LogP contribution in [0.5, 0.6) is 0 Å². The molecular formula is C23H30N6O2. The highest BCUT2D eigenvalue weighted by atomic mass is 16.3. The molecule has 2 heterocycles. The standard InChI is InChI=1S/C23H30N6O2/c1-15(12-20-16(2)28-29(5)17(20)3)26-23(24-4)25-14-18-8-6-9-19(13-18)27-22(30)21-10-7-11-31-21/h6-11,13,15H,12,14H2,1-5H3,(H,27,30)(H2,24,25,26). The number of carbonyl (C=O) groups is 1. The van der Waals surface area contributed by atoms with Crippen molar-refractivity contribution in [1.29, 1.82) is 0 Å². The summed E-state index contributed by atoms with van der Waals surface area (Å²) >= 11 is 0. The molecule has 0 spiro atoms. The Balaban J connectivity index is 1.55. The Labute approximate surface area is 182 Å². The van der Waals surface area contributed by atoms with Gasteiger partial charge in [0.2, 0.25) is 0 Å². The van der Waals surface area contributed by atoms with Gasteiger partial charge in [0.25, 0.3) is 5.91 Å². The van der Waals surface area contributed by atoms with Crippen molar-refractivity contribution in [2.45, 2.75) is 39.8 Å². The van der Waals surface area contributed by atoms with Crippen LogP contribution >= 0.6 is 0 Å². The summed E-state index contributed by atoms with van der Waals surface area (Å²) in [5, 5.41) is 14.1. The van der Waals surface area contributed by atoms with Crippen molar-refractivity contribution in [3.8, 4) is 0 Å². The average molecular weight is 423 g/mol. The highest BCUT2D eigenvalue weighted by Gasteiger charge is 2.14. The molecule has 31 heavy (non-hydrogen) atoms. The summed E-state index contributed by atoms with van der Waals surface area (Å²) in [6.45, 7) is 6.83. The number of nitrogens with one attached hydrogen (secondary N) is 3. The van der Waals surface area contributed by atoms with Gasteiger partial charge >= 0.3 is 0 Å². The minimum Gasteiger partial charge on any atom is -0.459 e. The molecule has 1 aromatic carbocycles. The number of furan rings is 1. The van der Waals surface area contributed by atoms with Crippen LogP contribution in [0.3, 0.4) is 0 Å². The van der Waals surface area contributed by atoms with E-state index in [2.05, 4.69) is 39.9 Å². The van der Waals surface area contributed by atoms with Gasteiger partial charge in [0.15, 0.2) is 11.7 Å². The summed E-state index contributed by atoms with van der Waals surface area (Å²) in [4.78, 5) is 16.5. The van der Waals surface area contributed by atoms with Gasteiger partial charge in [-0.05, 0) is 62.6 Å². The Morgan fingerprint density at radius 1 is 1.26 bits per heavy atom. The minimum absolute atomic E-state index is 0.187. The van der Waals surface area contributed by atoms with Gasteiger partial charge in [0.1, 0.15) is 0 Å². The van der Waals surface area contributed by atoms with E-state index in [4.69, 9.17) is 4.42 Å². The minimum atomic E-state index is -0.276. The first-order chi connectivity index (χ1) is 14.9. The van der Waals surface area contributed by atoms with Crippen molar-refractivity contribution in [1.82, 2.24) is 20.4 Å². The molecule has 3 rings (SSSR count). The third-order valence-corrected chi connectivity index (χ3v) is 5.17. The van der Waals surface area contributed by atoms with Crippen molar-refractivity contribution in [3.05, 3.63) is 70.9 Å². The fraction of sp³-hybridized carbons (Fsp3) is 0.348. The first-order valence-electron chi connectivity index (χ1n) is 10.3. The van der Waals surface area contributed by atoms with Gasteiger partial charge in [-0.15, -0.1) is 0 Å². The number of nitrogens with zero attached hydrogens (tertiary/aromatic N) is 3. The van der Waals surface area contributed by atoms with Crippen LogP contribution in [-0.4, -0.2) is 34.7 Å². The normalized spacial score (nSPS) is 12.5. The molecule has 0 aliphatic carbocycles. The van der Waals surface area contributed by atoms with Crippen LogP contribution in [0.15, 0.2) is 52.1 Å². The van der Waals surface area contributed by atoms with Crippen molar-refractivity contribution < 1.29 is 9.21 Å². The number of guanidine groups is 1. The Kier molecular flexibility index (Phi) is 7.12. The van der Waals surface area contributed by atoms with Gasteiger partial charge in [-0.3, -0.25) is 14.5 Å². The molecule has 8 heteroatoms. The Bertz CT molecular complexity index is 1050. The maximum absolute atomic E-state index is 12.2. The van der Waals surface area contributed by atoms with Gasteiger partial charge in [-0.2, -0.15) is 5.10 Å². The van der Waals surface area contributed by atoms with Gasteiger partial charge in [0.05, 0.1) is 12.0 Å². The molecule has 0 aliphatic heterocycles. The molecule has 0 saturated heterocycles. The summed E-state index contributed by atoms with van der Waals surface area (Å²) in [6.07, 6.45) is 2.34. The number of rotatable bonds is 7. The third-order valence-electron chi connectivity index (χ3n) is 5.17. The summed E-state index contributed by atoms with van der Waals surface area (Å²) in [6, 6.07) is 11.2. The van der Waals surface area contributed by atoms with E-state index in [0.29, 0.717) is 12.2 Å². The van der Waals surface area contributed by atoms with Crippen molar-refractivity contribution in [2.75, 3.05) is 12.4 Å². The largest absolute Gasteiger partial charge is 0.459 e. The molecule has 2 aromatic heterocycles. The summed E-state index contributed by atoms with van der Waals surface area (Å²) < 4.78 is 7.05. The Morgan fingerprint density at radius 2 is 2.06 bits per heavy atom. The lowest BCUT2D eigenvalue weighted by molar-refractivity contribution is 0.0996. The van der Waals surface area contributed by atoms with E-state index in [1.807, 2.05) is 42.9 Å². The summed E-state index contributed by atoms with van der Waals surface area (Å²) in [5.74, 6) is 0.723. The zero-order valence-electron chi connectivity index (χ0n) is 18.7. The number of aliphatic imine (C=N–C) groups is 1. The molecule has 0 saturated carbocycles. The van der Waals surface area contributed by atoms with E-state index in [1.54, 1.807) is 19.2 Å². The second kappa shape index (κ2) is 9.97. The monoisotopic (exact) mass is 422 g/mol. The van der Waals surface area contributed by atoms with Crippen molar-refractivity contribution >= 4 is 17.6 Å². The van der Waals surface area contributed by atoms with E-state index in [1.165, 1.54) is 17.5 Å². The van der Waals surface area contributed by atoms with Crippen LogP contribution in [0.4, 0.5) is 5.69 Å². The smallest absolute Gasteiger partial charge is 0.291 e. The number of amides is 1. The first kappa shape index (κ1) is 22.1. The van der Waals surface area contributed by atoms with Gasteiger partial charge in [0, 0.05) is 38.1 Å². The van der Waals surface area contributed by atoms with E-state index < -0.39 is 0 Å². The molecule has 3 aromatic rings. The quantitative estimate of drug-likeness (QED) is 0.401. The summed E-state index contributed by atoms with van der Waals surface area (Å²) in [7, 11) is 3.72. The van der Waals surface area contributed by atoms with Gasteiger partial charge < -0.3 is 20.4 Å². The number of hydrogen-bond acceptors (Lipinski definition) is 4. The molecule has 8 nitrogen and oxygen atoms in total. The van der Waals surface area contributed by atoms with Crippen LogP contribution in [0.25, 0.3) is 0 Å². The number of aromatic nitrogens is 2. The topological polar surface area (TPSA) is 96.5 Å². The van der Waals surface area contributed by atoms with Crippen LogP contribution in [0, 0.1) is 13.8 Å². The molecule has 1 amide bonds. The Morgan fingerprint density at radius 3 is 2.71 bits per heavy atom. The van der Waals surface area contributed by atoms with Gasteiger partial charge in [-0.25, -0.2) is 0 Å². The summed E-state index contributed by atoms with van der Waals surface area (Å²) in [5.41, 5.74) is 5.23. The molecular weight excluding hydrogens is 392 g/mol. The molecule has 0 fully saturated rings. The average Bonchev–Trinajstić information content (AvgIpc) is 3.36. The lowest BCUT2D eigenvalue weighted by Gasteiger charge is -2.18. The van der Waals surface area contributed by atoms with Crippen molar-refractivity contribution in [3.63, 3.8) is 0 Å².